The van der Waals surface area contributed by atoms with Crippen molar-refractivity contribution in [1.29, 1.82) is 0 Å². The molecule has 3 aromatic rings. The molecule has 0 radical (unpaired) electrons. The zero-order chi connectivity index (χ0) is 30.8. The van der Waals surface area contributed by atoms with Crippen LogP contribution in [0.2, 0.25) is 0 Å². The Morgan fingerprint density at radius 3 is 2.65 bits per heavy atom. The van der Waals surface area contributed by atoms with Crippen LogP contribution in [0.3, 0.4) is 0 Å². The van der Waals surface area contributed by atoms with Gasteiger partial charge in [-0.15, -0.1) is 0 Å². The summed E-state index contributed by atoms with van der Waals surface area (Å²) in [4.78, 5) is 32.8. The second-order valence-electron chi connectivity index (χ2n) is 10.7. The van der Waals surface area contributed by atoms with Crippen molar-refractivity contribution >= 4 is 31.2 Å². The summed E-state index contributed by atoms with van der Waals surface area (Å²) in [6.07, 6.45) is 1.67. The number of rotatable bonds is 11. The average Bonchev–Trinajstić information content (AvgIpc) is 3.68. The van der Waals surface area contributed by atoms with Crippen LogP contribution >= 0.6 is 7.75 Å². The van der Waals surface area contributed by atoms with Crippen LogP contribution in [0.5, 0.6) is 5.75 Å². The lowest BCUT2D eigenvalue weighted by molar-refractivity contribution is -0.155. The minimum Gasteiger partial charge on any atom is -0.461 e. The summed E-state index contributed by atoms with van der Waals surface area (Å²) in [5.74, 6) is -1.12. The van der Waals surface area contributed by atoms with E-state index in [2.05, 4.69) is 20.2 Å². The SMILES string of the molecule is CC(=O)O[C@@H]1[C@@H](COP(=O)(N[C@@H](C)C(=O)OC2CCCC2)Oc2ccccc2)O[C@@H](c2cnc3c(N)ncnn23)[C@]1(C)F. The smallest absolute Gasteiger partial charge is 0.459 e. The van der Waals surface area contributed by atoms with Crippen molar-refractivity contribution in [2.24, 2.45) is 0 Å². The number of halogens is 1. The molecule has 6 atom stereocenters. The molecule has 1 unspecified atom stereocenters. The van der Waals surface area contributed by atoms with Gasteiger partial charge in [-0.2, -0.15) is 10.2 Å². The molecule has 5 rings (SSSR count). The molecule has 14 nitrogen and oxygen atoms in total. The van der Waals surface area contributed by atoms with Gasteiger partial charge in [-0.25, -0.2) is 23.4 Å². The molecule has 0 amide bonds. The molecular weight excluding hydrogens is 586 g/mol. The molecular formula is C27H34FN6O8P. The first-order valence-electron chi connectivity index (χ1n) is 13.9. The van der Waals surface area contributed by atoms with Gasteiger partial charge in [0.25, 0.3) is 0 Å². The van der Waals surface area contributed by atoms with Crippen LogP contribution in [0.25, 0.3) is 5.65 Å². The Bertz CT molecular complexity index is 1500. The molecule has 3 N–H and O–H groups in total. The van der Waals surface area contributed by atoms with Crippen molar-refractivity contribution in [2.45, 2.75) is 82.6 Å². The van der Waals surface area contributed by atoms with E-state index in [0.29, 0.717) is 0 Å². The predicted molar refractivity (Wildman–Crippen MR) is 149 cm³/mol. The van der Waals surface area contributed by atoms with Gasteiger partial charge < -0.3 is 24.5 Å². The van der Waals surface area contributed by atoms with Crippen LogP contribution in [0.4, 0.5) is 10.2 Å². The Kier molecular flexibility index (Phi) is 8.97. The molecule has 2 fully saturated rings. The van der Waals surface area contributed by atoms with Crippen molar-refractivity contribution in [2.75, 3.05) is 12.3 Å². The molecule has 1 aliphatic heterocycles. The van der Waals surface area contributed by atoms with Crippen LogP contribution < -0.4 is 15.3 Å². The summed E-state index contributed by atoms with van der Waals surface area (Å²) >= 11 is 0. The number of esters is 2. The number of carbonyl (C=O) groups is 2. The third kappa shape index (κ3) is 6.80. The van der Waals surface area contributed by atoms with Gasteiger partial charge in [-0.3, -0.25) is 14.1 Å². The number of alkyl halides is 1. The maximum Gasteiger partial charge on any atom is 0.459 e. The topological polar surface area (TPSA) is 178 Å². The predicted octanol–water partition coefficient (Wildman–Crippen LogP) is 3.47. The molecule has 43 heavy (non-hydrogen) atoms. The van der Waals surface area contributed by atoms with Crippen LogP contribution in [-0.4, -0.2) is 68.2 Å². The van der Waals surface area contributed by atoms with Gasteiger partial charge in [0.2, 0.25) is 0 Å². The number of ether oxygens (including phenoxy) is 3. The first-order valence-corrected chi connectivity index (χ1v) is 15.4. The average molecular weight is 621 g/mol. The number of para-hydroxylation sites is 1. The monoisotopic (exact) mass is 620 g/mol. The second-order valence-corrected chi connectivity index (χ2v) is 12.4. The maximum atomic E-state index is 16.5. The molecule has 0 spiro atoms. The Hall–Kier alpha value is -3.65. The number of nitrogens with two attached hydrogens (primary N) is 1. The molecule has 2 aliphatic rings. The quantitative estimate of drug-likeness (QED) is 0.235. The minimum atomic E-state index is -4.32. The second kappa shape index (κ2) is 12.5. The number of hydrogen-bond acceptors (Lipinski definition) is 12. The highest BCUT2D eigenvalue weighted by Gasteiger charge is 2.59. The first-order chi connectivity index (χ1) is 20.5. The Balaban J connectivity index is 1.38. The number of nitrogen functional groups attached to an aromatic ring is 1. The summed E-state index contributed by atoms with van der Waals surface area (Å²) in [5.41, 5.74) is 3.93. The summed E-state index contributed by atoms with van der Waals surface area (Å²) in [7, 11) is -4.32. The fourth-order valence-electron chi connectivity index (χ4n) is 5.22. The van der Waals surface area contributed by atoms with Crippen molar-refractivity contribution in [3.05, 3.63) is 48.5 Å². The van der Waals surface area contributed by atoms with Crippen molar-refractivity contribution in [3.63, 3.8) is 0 Å². The van der Waals surface area contributed by atoms with Gasteiger partial charge in [-0.05, 0) is 51.7 Å². The van der Waals surface area contributed by atoms with Gasteiger partial charge in [0.1, 0.15) is 36.4 Å². The highest BCUT2D eigenvalue weighted by atomic mass is 31.2. The number of hydrogen-bond donors (Lipinski definition) is 2. The number of carbonyl (C=O) groups excluding carboxylic acids is 2. The van der Waals surface area contributed by atoms with Crippen LogP contribution in [0.1, 0.15) is 58.3 Å². The van der Waals surface area contributed by atoms with E-state index in [4.69, 9.17) is 29.0 Å². The molecule has 1 saturated carbocycles. The standard InChI is InChI=1S/C27H34FN6O8P/c1-16(26(36)40-18-9-7-8-10-18)33-43(37,42-19-11-5-4-6-12-19)38-14-21-23(39-17(2)35)27(3,28)22(41-21)20-13-30-25-24(29)31-15-32-34(20)25/h4-6,11-13,15-16,18,21-23H,7-10,14H2,1-3H3,(H,33,37)(H2,29,31,32)/t16-,21+,22-,23+,27-,43?/m0/s1. The lowest BCUT2D eigenvalue weighted by Crippen LogP contribution is -2.43. The summed E-state index contributed by atoms with van der Waals surface area (Å²) < 4.78 is 60.2. The third-order valence-electron chi connectivity index (χ3n) is 7.30. The molecule has 2 aromatic heterocycles. The molecule has 3 heterocycles. The van der Waals surface area contributed by atoms with E-state index in [1.807, 2.05) is 0 Å². The summed E-state index contributed by atoms with van der Waals surface area (Å²) in [6, 6.07) is 7.11. The van der Waals surface area contributed by atoms with E-state index in [1.165, 1.54) is 30.9 Å². The number of benzene rings is 1. The van der Waals surface area contributed by atoms with Crippen LogP contribution in [0.15, 0.2) is 42.9 Å². The molecule has 232 valence electrons. The van der Waals surface area contributed by atoms with Gasteiger partial charge >= 0.3 is 19.7 Å². The van der Waals surface area contributed by atoms with E-state index < -0.39 is 56.3 Å². The molecule has 1 aliphatic carbocycles. The number of imidazole rings is 1. The zero-order valence-electron chi connectivity index (χ0n) is 23.9. The van der Waals surface area contributed by atoms with Crippen LogP contribution in [0, 0.1) is 0 Å². The zero-order valence-corrected chi connectivity index (χ0v) is 24.8. The number of nitrogens with zero attached hydrogens (tertiary/aromatic N) is 4. The molecule has 0 bridgehead atoms. The maximum absolute atomic E-state index is 16.5. The van der Waals surface area contributed by atoms with E-state index in [9.17, 15) is 14.2 Å². The lowest BCUT2D eigenvalue weighted by atomic mass is 9.93. The van der Waals surface area contributed by atoms with Gasteiger partial charge in [0, 0.05) is 6.92 Å². The van der Waals surface area contributed by atoms with Gasteiger partial charge in [0.05, 0.1) is 18.5 Å². The minimum absolute atomic E-state index is 0.0712. The first kappa shape index (κ1) is 30.8. The highest BCUT2D eigenvalue weighted by molar-refractivity contribution is 7.52. The molecule has 1 aromatic carbocycles. The number of anilines is 1. The fourth-order valence-corrected chi connectivity index (χ4v) is 6.72. The van der Waals surface area contributed by atoms with Crippen molar-refractivity contribution < 1.29 is 41.8 Å². The van der Waals surface area contributed by atoms with Gasteiger partial charge in [0.15, 0.2) is 23.2 Å². The molecule has 16 heteroatoms. The number of nitrogens with one attached hydrogen (secondary N) is 1. The van der Waals surface area contributed by atoms with E-state index >= 15 is 4.39 Å². The van der Waals surface area contributed by atoms with Crippen molar-refractivity contribution in [3.8, 4) is 5.75 Å². The summed E-state index contributed by atoms with van der Waals surface area (Å²) in [6.45, 7) is 3.26. The largest absolute Gasteiger partial charge is 0.461 e. The fraction of sp³-hybridized carbons (Fsp3) is 0.519. The Morgan fingerprint density at radius 1 is 1.23 bits per heavy atom. The third-order valence-corrected chi connectivity index (χ3v) is 8.95. The van der Waals surface area contributed by atoms with E-state index in [1.54, 1.807) is 30.3 Å². The Labute approximate surface area is 247 Å². The van der Waals surface area contributed by atoms with E-state index in [-0.39, 0.29) is 29.0 Å². The lowest BCUT2D eigenvalue weighted by Gasteiger charge is -2.27. The number of aromatic nitrogens is 4. The van der Waals surface area contributed by atoms with Gasteiger partial charge in [-0.1, -0.05) is 18.2 Å². The summed E-state index contributed by atoms with van der Waals surface area (Å²) in [5, 5.41) is 6.72. The highest BCUT2D eigenvalue weighted by Crippen LogP contribution is 2.49. The van der Waals surface area contributed by atoms with Crippen LogP contribution in [-0.2, 0) is 32.9 Å². The number of fused-ring (bicyclic) bond motifs is 1. The molecule has 1 saturated heterocycles. The van der Waals surface area contributed by atoms with Crippen molar-refractivity contribution in [1.82, 2.24) is 24.7 Å². The Morgan fingerprint density at radius 2 is 1.95 bits per heavy atom. The normalized spacial score (nSPS) is 26.2. The van der Waals surface area contributed by atoms with E-state index in [0.717, 1.165) is 32.6 Å².